The Morgan fingerprint density at radius 3 is 2.62 bits per heavy atom. The molecule has 0 atom stereocenters. The molecule has 0 saturated carbocycles. The molecule has 2 rings (SSSR count). The van der Waals surface area contributed by atoms with Crippen LogP contribution in [-0.2, 0) is 0 Å². The van der Waals surface area contributed by atoms with Gasteiger partial charge in [-0.05, 0) is 26.1 Å². The highest BCUT2D eigenvalue weighted by molar-refractivity contribution is 7.71. The smallest absolute Gasteiger partial charge is 0.354 e. The van der Waals surface area contributed by atoms with Gasteiger partial charge in [0, 0.05) is 0 Å². The van der Waals surface area contributed by atoms with Gasteiger partial charge < -0.3 is 19.5 Å². The van der Waals surface area contributed by atoms with Crippen molar-refractivity contribution < 1.29 is 14.3 Å². The Bertz CT molecular complexity index is 588. The summed E-state index contributed by atoms with van der Waals surface area (Å²) in [5.74, 6) is -0.248. The minimum atomic E-state index is -1.11. The van der Waals surface area contributed by atoms with Gasteiger partial charge in [-0.25, -0.2) is 9.78 Å². The fraction of sp³-hybridized carbons (Fsp3) is 0.222. The number of aromatic carboxylic acids is 1. The van der Waals surface area contributed by atoms with Crippen LogP contribution in [0.15, 0.2) is 4.42 Å². The predicted octanol–water partition coefficient (Wildman–Crippen LogP) is 2.04. The molecule has 7 heteroatoms. The van der Waals surface area contributed by atoms with Gasteiger partial charge in [-0.2, -0.15) is 0 Å². The molecule has 84 valence electrons. The average Bonchev–Trinajstić information content (AvgIpc) is 2.71. The molecule has 2 aromatic heterocycles. The van der Waals surface area contributed by atoms with Crippen LogP contribution in [0.4, 0.5) is 0 Å². The van der Waals surface area contributed by atoms with Crippen molar-refractivity contribution in [3.63, 3.8) is 0 Å². The monoisotopic (exact) mass is 239 g/mol. The van der Waals surface area contributed by atoms with E-state index in [9.17, 15) is 4.79 Å². The summed E-state index contributed by atoms with van der Waals surface area (Å²) in [5, 5.41) is 8.95. The maximum atomic E-state index is 10.9. The van der Waals surface area contributed by atoms with Crippen molar-refractivity contribution in [3.05, 3.63) is 21.9 Å². The molecule has 0 aliphatic carbocycles. The van der Waals surface area contributed by atoms with Gasteiger partial charge in [0.25, 0.3) is 0 Å². The molecule has 0 saturated heterocycles. The van der Waals surface area contributed by atoms with Gasteiger partial charge in [0.05, 0.1) is 5.69 Å². The average molecular weight is 239 g/mol. The number of hydrogen-bond acceptors (Lipinski definition) is 4. The number of aromatic amines is 2. The third-order valence-corrected chi connectivity index (χ3v) is 2.39. The van der Waals surface area contributed by atoms with Crippen LogP contribution in [0, 0.1) is 18.6 Å². The lowest BCUT2D eigenvalue weighted by molar-refractivity contribution is 0.0691. The molecule has 16 heavy (non-hydrogen) atoms. The van der Waals surface area contributed by atoms with Crippen molar-refractivity contribution in [1.29, 1.82) is 0 Å². The number of carboxylic acid groups (broad SMARTS) is 1. The number of hydrogen-bond donors (Lipinski definition) is 3. The van der Waals surface area contributed by atoms with Crippen molar-refractivity contribution in [2.45, 2.75) is 13.8 Å². The molecule has 0 fully saturated rings. The number of aryl methyl sites for hydroxylation is 2. The maximum Gasteiger partial charge on any atom is 0.354 e. The first-order valence-corrected chi connectivity index (χ1v) is 4.90. The van der Waals surface area contributed by atoms with E-state index in [-0.39, 0.29) is 22.0 Å². The lowest BCUT2D eigenvalue weighted by Crippen LogP contribution is -1.99. The fourth-order valence-corrected chi connectivity index (χ4v) is 1.49. The van der Waals surface area contributed by atoms with Gasteiger partial charge in [0.15, 0.2) is 10.5 Å². The highest BCUT2D eigenvalue weighted by atomic mass is 32.1. The summed E-state index contributed by atoms with van der Waals surface area (Å²) < 4.78 is 5.56. The molecule has 0 aliphatic heterocycles. The number of aromatic nitrogens is 3. The van der Waals surface area contributed by atoms with E-state index in [2.05, 4.69) is 15.0 Å². The number of carbonyl (C=O) groups is 1. The molecule has 0 amide bonds. The van der Waals surface area contributed by atoms with E-state index in [1.54, 1.807) is 13.8 Å². The lowest BCUT2D eigenvalue weighted by Gasteiger charge is -1.92. The van der Waals surface area contributed by atoms with E-state index < -0.39 is 5.97 Å². The zero-order valence-corrected chi connectivity index (χ0v) is 9.44. The molecular weight excluding hydrogens is 230 g/mol. The number of nitrogens with one attached hydrogen (secondary N) is 2. The van der Waals surface area contributed by atoms with Crippen LogP contribution in [0.25, 0.3) is 11.6 Å². The highest BCUT2D eigenvalue weighted by Gasteiger charge is 2.19. The fourth-order valence-electron chi connectivity index (χ4n) is 1.28. The Kier molecular flexibility index (Phi) is 2.39. The number of rotatable bonds is 2. The van der Waals surface area contributed by atoms with Gasteiger partial charge in [0.2, 0.25) is 5.89 Å². The second-order valence-corrected chi connectivity index (χ2v) is 3.70. The van der Waals surface area contributed by atoms with E-state index in [1.165, 1.54) is 0 Å². The van der Waals surface area contributed by atoms with Crippen LogP contribution in [0.3, 0.4) is 0 Å². The molecule has 0 aliphatic rings. The summed E-state index contributed by atoms with van der Waals surface area (Å²) in [6.45, 7) is 3.54. The molecular formula is C9H9N3O3S. The molecule has 2 heterocycles. The lowest BCUT2D eigenvalue weighted by atomic mass is 10.3. The highest BCUT2D eigenvalue weighted by Crippen LogP contribution is 2.22. The van der Waals surface area contributed by atoms with E-state index in [0.29, 0.717) is 11.5 Å². The molecule has 0 aromatic carbocycles. The topological polar surface area (TPSA) is 94.9 Å². The summed E-state index contributed by atoms with van der Waals surface area (Å²) in [5.41, 5.74) is 0.923. The standard InChI is InChI=1S/C9H9N3O3S/c1-3-4(2)15-7(10-3)5-6(8(13)14)12-9(16)11-5/h1-2H3,(H,13,14)(H2,11,12,16). The molecule has 0 spiro atoms. The quantitative estimate of drug-likeness (QED) is 0.697. The molecule has 0 unspecified atom stereocenters. The van der Waals surface area contributed by atoms with Crippen molar-refractivity contribution in [1.82, 2.24) is 15.0 Å². The molecule has 0 radical (unpaired) electrons. The van der Waals surface area contributed by atoms with Crippen molar-refractivity contribution in [2.75, 3.05) is 0 Å². The molecule has 3 N–H and O–H groups in total. The number of carboxylic acids is 1. The number of oxazole rings is 1. The van der Waals surface area contributed by atoms with Crippen LogP contribution in [-0.4, -0.2) is 26.0 Å². The zero-order valence-electron chi connectivity index (χ0n) is 8.62. The predicted molar refractivity (Wildman–Crippen MR) is 57.9 cm³/mol. The number of nitrogens with zero attached hydrogens (tertiary/aromatic N) is 1. The van der Waals surface area contributed by atoms with E-state index in [4.69, 9.17) is 21.7 Å². The van der Waals surface area contributed by atoms with Crippen molar-refractivity contribution in [3.8, 4) is 11.6 Å². The van der Waals surface area contributed by atoms with Gasteiger partial charge in [0.1, 0.15) is 11.5 Å². The van der Waals surface area contributed by atoms with Crippen molar-refractivity contribution in [2.24, 2.45) is 0 Å². The first-order chi connectivity index (χ1) is 7.49. The maximum absolute atomic E-state index is 10.9. The van der Waals surface area contributed by atoms with Gasteiger partial charge in [-0.15, -0.1) is 0 Å². The minimum absolute atomic E-state index is 0.0498. The van der Waals surface area contributed by atoms with Crippen LogP contribution in [0.5, 0.6) is 0 Å². The first kappa shape index (κ1) is 10.6. The molecule has 0 bridgehead atoms. The molecule has 6 nitrogen and oxygen atoms in total. The number of H-pyrrole nitrogens is 2. The Balaban J connectivity index is 2.63. The Labute approximate surface area is 95.3 Å². The first-order valence-electron chi connectivity index (χ1n) is 4.49. The van der Waals surface area contributed by atoms with Gasteiger partial charge in [-0.3, -0.25) is 0 Å². The number of imidazole rings is 1. The normalized spacial score (nSPS) is 10.6. The largest absolute Gasteiger partial charge is 0.477 e. The summed E-state index contributed by atoms with van der Waals surface area (Å²) in [4.78, 5) is 20.3. The Morgan fingerprint density at radius 1 is 1.44 bits per heavy atom. The van der Waals surface area contributed by atoms with Crippen LogP contribution < -0.4 is 0 Å². The summed E-state index contributed by atoms with van der Waals surface area (Å²) in [7, 11) is 0. The minimum Gasteiger partial charge on any atom is -0.477 e. The van der Waals surface area contributed by atoms with E-state index >= 15 is 0 Å². The van der Waals surface area contributed by atoms with Crippen LogP contribution in [0.2, 0.25) is 0 Å². The van der Waals surface area contributed by atoms with Crippen molar-refractivity contribution >= 4 is 18.2 Å². The zero-order chi connectivity index (χ0) is 11.9. The van der Waals surface area contributed by atoms with Gasteiger partial charge >= 0.3 is 5.97 Å². The SMILES string of the molecule is Cc1nc(-c2[nH]c(=S)[nH]c2C(=O)O)oc1C. The second kappa shape index (κ2) is 3.60. The van der Waals surface area contributed by atoms with Gasteiger partial charge in [-0.1, -0.05) is 0 Å². The third-order valence-electron chi connectivity index (χ3n) is 2.18. The van der Waals surface area contributed by atoms with E-state index in [0.717, 1.165) is 0 Å². The Morgan fingerprint density at radius 2 is 2.12 bits per heavy atom. The summed E-state index contributed by atoms with van der Waals surface area (Å²) in [6.07, 6.45) is 0. The van der Waals surface area contributed by atoms with Crippen LogP contribution in [0.1, 0.15) is 21.9 Å². The second-order valence-electron chi connectivity index (χ2n) is 3.29. The summed E-state index contributed by atoms with van der Waals surface area (Å²) in [6, 6.07) is 0. The van der Waals surface area contributed by atoms with E-state index in [1.807, 2.05) is 0 Å². The van der Waals surface area contributed by atoms with Crippen LogP contribution >= 0.6 is 12.2 Å². The molecule has 2 aromatic rings. The third kappa shape index (κ3) is 1.65. The Hall–Kier alpha value is -1.89. The summed E-state index contributed by atoms with van der Waals surface area (Å²) >= 11 is 4.84.